The number of ether oxygens (including phenoxy) is 3. The van der Waals surface area contributed by atoms with E-state index >= 15 is 0 Å². The molecule has 0 aliphatic carbocycles. The van der Waals surface area contributed by atoms with Crippen molar-refractivity contribution in [2.75, 3.05) is 33.4 Å². The van der Waals surface area contributed by atoms with Gasteiger partial charge < -0.3 is 19.5 Å². The van der Waals surface area contributed by atoms with E-state index < -0.39 is 0 Å². The first kappa shape index (κ1) is 11.7. The molecule has 1 N–H and O–H groups in total. The highest BCUT2D eigenvalue weighted by molar-refractivity contribution is 5.52. The highest BCUT2D eigenvalue weighted by Gasteiger charge is 2.23. The van der Waals surface area contributed by atoms with Gasteiger partial charge in [-0.1, -0.05) is 0 Å². The Balaban J connectivity index is 1.95. The molecule has 0 bridgehead atoms. The Labute approximate surface area is 107 Å². The third kappa shape index (κ3) is 2.12. The normalized spacial score (nSPS) is 19.6. The molecule has 1 aromatic rings. The van der Waals surface area contributed by atoms with Crippen molar-refractivity contribution in [2.45, 2.75) is 18.8 Å². The van der Waals surface area contributed by atoms with Gasteiger partial charge in [0.05, 0.1) is 7.11 Å². The molecule has 0 radical (unpaired) electrons. The maximum absolute atomic E-state index is 5.66. The summed E-state index contributed by atoms with van der Waals surface area (Å²) < 4.78 is 16.8. The van der Waals surface area contributed by atoms with Crippen molar-refractivity contribution in [3.8, 4) is 17.2 Å². The summed E-state index contributed by atoms with van der Waals surface area (Å²) in [6, 6.07) is 4.06. The Hall–Kier alpha value is -1.42. The van der Waals surface area contributed by atoms with Crippen molar-refractivity contribution >= 4 is 0 Å². The molecule has 18 heavy (non-hydrogen) atoms. The lowest BCUT2D eigenvalue weighted by molar-refractivity contribution is 0.170. The fraction of sp³-hybridized carbons (Fsp3) is 0.571. The van der Waals surface area contributed by atoms with Gasteiger partial charge in [0.25, 0.3) is 0 Å². The molecular weight excluding hydrogens is 230 g/mol. The predicted molar refractivity (Wildman–Crippen MR) is 68.8 cm³/mol. The van der Waals surface area contributed by atoms with Gasteiger partial charge in [-0.15, -0.1) is 0 Å². The molecule has 0 unspecified atom stereocenters. The quantitative estimate of drug-likeness (QED) is 0.869. The first-order valence-electron chi connectivity index (χ1n) is 6.56. The van der Waals surface area contributed by atoms with Gasteiger partial charge in [-0.05, 0) is 37.9 Å². The zero-order valence-corrected chi connectivity index (χ0v) is 10.7. The van der Waals surface area contributed by atoms with Crippen LogP contribution in [0, 0.1) is 0 Å². The van der Waals surface area contributed by atoms with Gasteiger partial charge in [0.2, 0.25) is 0 Å². The summed E-state index contributed by atoms with van der Waals surface area (Å²) >= 11 is 0. The molecule has 2 aliphatic heterocycles. The third-order valence-electron chi connectivity index (χ3n) is 3.67. The van der Waals surface area contributed by atoms with Crippen LogP contribution in [0.4, 0.5) is 0 Å². The number of methoxy groups -OCH3 is 1. The third-order valence-corrected chi connectivity index (χ3v) is 3.67. The van der Waals surface area contributed by atoms with E-state index in [1.807, 2.05) is 6.07 Å². The lowest BCUT2D eigenvalue weighted by Gasteiger charge is -2.27. The molecule has 1 fully saturated rings. The van der Waals surface area contributed by atoms with Crippen molar-refractivity contribution in [2.24, 2.45) is 0 Å². The summed E-state index contributed by atoms with van der Waals surface area (Å²) in [7, 11) is 1.72. The van der Waals surface area contributed by atoms with Crippen LogP contribution in [0.5, 0.6) is 17.2 Å². The summed E-state index contributed by atoms with van der Waals surface area (Å²) in [6.07, 6.45) is 2.30. The van der Waals surface area contributed by atoms with Crippen molar-refractivity contribution < 1.29 is 14.2 Å². The Bertz CT molecular complexity index is 427. The first-order valence-corrected chi connectivity index (χ1v) is 6.56. The average Bonchev–Trinajstić information content (AvgIpc) is 2.46. The van der Waals surface area contributed by atoms with Crippen LogP contribution >= 0.6 is 0 Å². The number of nitrogens with one attached hydrogen (secondary N) is 1. The maximum Gasteiger partial charge on any atom is 0.165 e. The Morgan fingerprint density at radius 2 is 1.78 bits per heavy atom. The first-order chi connectivity index (χ1) is 8.88. The number of hydrogen-bond acceptors (Lipinski definition) is 4. The molecule has 98 valence electrons. The van der Waals surface area contributed by atoms with Gasteiger partial charge in [0, 0.05) is 11.6 Å². The molecule has 0 aromatic heterocycles. The summed E-state index contributed by atoms with van der Waals surface area (Å²) in [5.74, 6) is 3.13. The van der Waals surface area contributed by atoms with E-state index in [9.17, 15) is 0 Å². The van der Waals surface area contributed by atoms with Gasteiger partial charge in [-0.25, -0.2) is 0 Å². The van der Waals surface area contributed by atoms with Gasteiger partial charge in [0.15, 0.2) is 11.5 Å². The summed E-state index contributed by atoms with van der Waals surface area (Å²) in [5.41, 5.74) is 1.25. The van der Waals surface area contributed by atoms with Crippen LogP contribution in [-0.2, 0) is 0 Å². The number of hydrogen-bond donors (Lipinski definition) is 1. The van der Waals surface area contributed by atoms with E-state index in [2.05, 4.69) is 11.4 Å². The number of fused-ring (bicyclic) bond motifs is 1. The molecule has 0 saturated carbocycles. The summed E-state index contributed by atoms with van der Waals surface area (Å²) in [4.78, 5) is 0. The predicted octanol–water partition coefficient (Wildman–Crippen LogP) is 1.93. The second-order valence-corrected chi connectivity index (χ2v) is 4.76. The van der Waals surface area contributed by atoms with E-state index in [0.29, 0.717) is 19.1 Å². The molecular formula is C14H19NO3. The van der Waals surface area contributed by atoms with E-state index in [-0.39, 0.29) is 0 Å². The van der Waals surface area contributed by atoms with E-state index in [0.717, 1.165) is 43.2 Å². The molecule has 4 nitrogen and oxygen atoms in total. The van der Waals surface area contributed by atoms with Crippen LogP contribution in [0.3, 0.4) is 0 Å². The second kappa shape index (κ2) is 5.06. The minimum Gasteiger partial charge on any atom is -0.496 e. The van der Waals surface area contributed by atoms with Gasteiger partial charge in [-0.3, -0.25) is 0 Å². The van der Waals surface area contributed by atoms with Crippen LogP contribution < -0.4 is 19.5 Å². The molecule has 1 aromatic carbocycles. The van der Waals surface area contributed by atoms with Crippen LogP contribution in [0.25, 0.3) is 0 Å². The second-order valence-electron chi connectivity index (χ2n) is 4.76. The van der Waals surface area contributed by atoms with E-state index in [1.54, 1.807) is 7.11 Å². The standard InChI is InChI=1S/C14H19NO3/c1-16-12-9-14-13(17-6-7-18-14)8-11(12)10-2-4-15-5-3-10/h8-10,15H,2-7H2,1H3. The fourth-order valence-corrected chi connectivity index (χ4v) is 2.71. The van der Waals surface area contributed by atoms with Crippen LogP contribution in [-0.4, -0.2) is 33.4 Å². The van der Waals surface area contributed by atoms with Gasteiger partial charge >= 0.3 is 0 Å². The molecule has 2 heterocycles. The van der Waals surface area contributed by atoms with Crippen molar-refractivity contribution in [1.29, 1.82) is 0 Å². The highest BCUT2D eigenvalue weighted by atomic mass is 16.6. The van der Waals surface area contributed by atoms with Crippen molar-refractivity contribution in [3.63, 3.8) is 0 Å². The van der Waals surface area contributed by atoms with Crippen molar-refractivity contribution in [3.05, 3.63) is 17.7 Å². The molecule has 1 saturated heterocycles. The van der Waals surface area contributed by atoms with Crippen molar-refractivity contribution in [1.82, 2.24) is 5.32 Å². The van der Waals surface area contributed by atoms with Crippen LogP contribution in [0.15, 0.2) is 12.1 Å². The van der Waals surface area contributed by atoms with Crippen LogP contribution in [0.2, 0.25) is 0 Å². The molecule has 4 heteroatoms. The fourth-order valence-electron chi connectivity index (χ4n) is 2.71. The Morgan fingerprint density at radius 1 is 1.11 bits per heavy atom. The number of benzene rings is 1. The number of piperidine rings is 1. The van der Waals surface area contributed by atoms with E-state index in [4.69, 9.17) is 14.2 Å². The summed E-state index contributed by atoms with van der Waals surface area (Å²) in [5, 5.41) is 3.39. The minimum absolute atomic E-state index is 0.553. The van der Waals surface area contributed by atoms with Gasteiger partial charge in [-0.2, -0.15) is 0 Å². The largest absolute Gasteiger partial charge is 0.496 e. The molecule has 0 spiro atoms. The summed E-state index contributed by atoms with van der Waals surface area (Å²) in [6.45, 7) is 3.39. The zero-order valence-electron chi connectivity index (χ0n) is 10.7. The molecule has 0 atom stereocenters. The molecule has 0 amide bonds. The average molecular weight is 249 g/mol. The lowest BCUT2D eigenvalue weighted by Crippen LogP contribution is -2.27. The lowest BCUT2D eigenvalue weighted by atomic mass is 9.89. The van der Waals surface area contributed by atoms with Gasteiger partial charge in [0.1, 0.15) is 19.0 Å². The van der Waals surface area contributed by atoms with E-state index in [1.165, 1.54) is 5.56 Å². The Kier molecular flexibility index (Phi) is 3.28. The molecule has 3 rings (SSSR count). The topological polar surface area (TPSA) is 39.7 Å². The SMILES string of the molecule is COc1cc2c(cc1C1CCNCC1)OCCO2. The molecule has 2 aliphatic rings. The zero-order chi connectivity index (χ0) is 12.4. The number of rotatable bonds is 2. The monoisotopic (exact) mass is 249 g/mol. The highest BCUT2D eigenvalue weighted by Crippen LogP contribution is 2.41. The van der Waals surface area contributed by atoms with Crippen LogP contribution in [0.1, 0.15) is 24.3 Å². The maximum atomic E-state index is 5.66. The smallest absolute Gasteiger partial charge is 0.165 e. The Morgan fingerprint density at radius 3 is 2.44 bits per heavy atom. The minimum atomic E-state index is 0.553.